The van der Waals surface area contributed by atoms with Crippen LogP contribution in [0.1, 0.15) is 31.8 Å². The highest BCUT2D eigenvalue weighted by Gasteiger charge is 2.14. The van der Waals surface area contributed by atoms with Crippen LogP contribution in [0.4, 0.5) is 11.4 Å². The van der Waals surface area contributed by atoms with Crippen LogP contribution in [-0.4, -0.2) is 11.8 Å². The Bertz CT molecular complexity index is 723. The number of carbonyl (C=O) groups excluding carboxylic acids is 2. The first-order chi connectivity index (χ1) is 9.90. The minimum atomic E-state index is -0.592. The van der Waals surface area contributed by atoms with E-state index in [1.165, 1.54) is 0 Å². The third kappa shape index (κ3) is 3.02. The zero-order valence-corrected chi connectivity index (χ0v) is 11.9. The number of rotatable bonds is 3. The monoisotopic (exact) mass is 283 g/mol. The first-order valence-corrected chi connectivity index (χ1v) is 6.47. The Morgan fingerprint density at radius 1 is 1.00 bits per heavy atom. The van der Waals surface area contributed by atoms with Gasteiger partial charge in [0.2, 0.25) is 0 Å². The number of benzene rings is 2. The number of nitrogen functional groups attached to an aromatic ring is 1. The van der Waals surface area contributed by atoms with Crippen LogP contribution < -0.4 is 16.8 Å². The third-order valence-corrected chi connectivity index (χ3v) is 3.30. The quantitative estimate of drug-likeness (QED) is 0.753. The molecule has 5 N–H and O–H groups in total. The fourth-order valence-electron chi connectivity index (χ4n) is 2.11. The van der Waals surface area contributed by atoms with Crippen molar-refractivity contribution in [1.29, 1.82) is 0 Å². The summed E-state index contributed by atoms with van der Waals surface area (Å²) in [5, 5.41) is 2.70. The molecule has 5 heteroatoms. The maximum atomic E-state index is 12.4. The summed E-state index contributed by atoms with van der Waals surface area (Å²) >= 11 is 0. The zero-order valence-electron chi connectivity index (χ0n) is 11.9. The second-order valence-corrected chi connectivity index (χ2v) is 4.89. The molecule has 0 bridgehead atoms. The Balaban J connectivity index is 2.35. The first-order valence-electron chi connectivity index (χ1n) is 6.47. The fourth-order valence-corrected chi connectivity index (χ4v) is 2.11. The molecule has 0 spiro atoms. The summed E-state index contributed by atoms with van der Waals surface area (Å²) in [6.07, 6.45) is 0. The maximum Gasteiger partial charge on any atom is 0.256 e. The van der Waals surface area contributed by atoms with E-state index >= 15 is 0 Å². The summed E-state index contributed by atoms with van der Waals surface area (Å²) in [6, 6.07) is 10.1. The first kappa shape index (κ1) is 14.6. The van der Waals surface area contributed by atoms with Crippen LogP contribution >= 0.6 is 0 Å². The number of aryl methyl sites for hydroxylation is 2. The lowest BCUT2D eigenvalue weighted by atomic mass is 10.0. The summed E-state index contributed by atoms with van der Waals surface area (Å²) in [6.45, 7) is 3.72. The molecule has 0 aliphatic rings. The van der Waals surface area contributed by atoms with Crippen LogP contribution in [-0.2, 0) is 0 Å². The van der Waals surface area contributed by atoms with Crippen LogP contribution in [0, 0.1) is 13.8 Å². The normalized spacial score (nSPS) is 10.2. The van der Waals surface area contributed by atoms with Gasteiger partial charge in [-0.1, -0.05) is 18.2 Å². The molecule has 2 aromatic carbocycles. The van der Waals surface area contributed by atoms with E-state index in [0.717, 1.165) is 11.1 Å². The van der Waals surface area contributed by atoms with Crippen molar-refractivity contribution >= 4 is 23.2 Å². The van der Waals surface area contributed by atoms with Gasteiger partial charge >= 0.3 is 0 Å². The molecule has 0 aromatic heterocycles. The van der Waals surface area contributed by atoms with E-state index in [1.54, 1.807) is 30.3 Å². The smallest absolute Gasteiger partial charge is 0.256 e. The predicted octanol–water partition coefficient (Wildman–Crippen LogP) is 2.24. The summed E-state index contributed by atoms with van der Waals surface area (Å²) in [5.74, 6) is -0.918. The molecule has 108 valence electrons. The maximum absolute atomic E-state index is 12.4. The molecule has 0 saturated heterocycles. The van der Waals surface area contributed by atoms with Crippen molar-refractivity contribution in [3.05, 3.63) is 58.7 Å². The Morgan fingerprint density at radius 2 is 1.67 bits per heavy atom. The number of hydrogen-bond acceptors (Lipinski definition) is 3. The summed E-state index contributed by atoms with van der Waals surface area (Å²) < 4.78 is 0. The SMILES string of the molecule is Cc1cc(C)c(C(=O)Nc2ccccc2C(N)=O)cc1N. The molecular weight excluding hydrogens is 266 g/mol. The van der Waals surface area contributed by atoms with Crippen LogP contribution in [0.5, 0.6) is 0 Å². The number of anilines is 2. The minimum Gasteiger partial charge on any atom is -0.398 e. The summed E-state index contributed by atoms with van der Waals surface area (Å²) in [4.78, 5) is 23.7. The van der Waals surface area contributed by atoms with Gasteiger partial charge in [0.05, 0.1) is 11.3 Å². The molecule has 0 radical (unpaired) electrons. The van der Waals surface area contributed by atoms with Crippen molar-refractivity contribution in [3.63, 3.8) is 0 Å². The molecule has 0 heterocycles. The van der Waals surface area contributed by atoms with Gasteiger partial charge in [0.15, 0.2) is 0 Å². The van der Waals surface area contributed by atoms with Crippen LogP contribution in [0.2, 0.25) is 0 Å². The Hall–Kier alpha value is -2.82. The van der Waals surface area contributed by atoms with Gasteiger partial charge in [0, 0.05) is 11.3 Å². The van der Waals surface area contributed by atoms with Crippen LogP contribution in [0.15, 0.2) is 36.4 Å². The van der Waals surface area contributed by atoms with E-state index in [1.807, 2.05) is 19.9 Å². The topological polar surface area (TPSA) is 98.2 Å². The van der Waals surface area contributed by atoms with Crippen molar-refractivity contribution in [1.82, 2.24) is 0 Å². The number of amides is 2. The van der Waals surface area contributed by atoms with Gasteiger partial charge < -0.3 is 16.8 Å². The molecule has 21 heavy (non-hydrogen) atoms. The van der Waals surface area contributed by atoms with Crippen molar-refractivity contribution in [2.75, 3.05) is 11.1 Å². The average molecular weight is 283 g/mol. The molecule has 0 fully saturated rings. The molecule has 0 aliphatic heterocycles. The van der Waals surface area contributed by atoms with E-state index in [-0.39, 0.29) is 11.5 Å². The molecule has 0 aliphatic carbocycles. The summed E-state index contributed by atoms with van der Waals surface area (Å²) in [7, 11) is 0. The minimum absolute atomic E-state index is 0.267. The lowest BCUT2D eigenvalue weighted by Gasteiger charge is -2.12. The highest BCUT2D eigenvalue weighted by atomic mass is 16.2. The Labute approximate surface area is 123 Å². The molecule has 2 rings (SSSR count). The zero-order chi connectivity index (χ0) is 15.6. The number of nitrogens with two attached hydrogens (primary N) is 2. The van der Waals surface area contributed by atoms with Crippen molar-refractivity contribution in [3.8, 4) is 0 Å². The molecule has 0 atom stereocenters. The third-order valence-electron chi connectivity index (χ3n) is 3.30. The lowest BCUT2D eigenvalue weighted by Crippen LogP contribution is -2.19. The standard InChI is InChI=1S/C16H17N3O2/c1-9-7-10(2)13(17)8-12(9)16(21)19-14-6-4-3-5-11(14)15(18)20/h3-8H,17H2,1-2H3,(H2,18,20)(H,19,21). The van der Waals surface area contributed by atoms with Gasteiger partial charge in [0.1, 0.15) is 0 Å². The van der Waals surface area contributed by atoms with Gasteiger partial charge in [-0.15, -0.1) is 0 Å². The fraction of sp³-hybridized carbons (Fsp3) is 0.125. The van der Waals surface area contributed by atoms with Crippen molar-refractivity contribution in [2.24, 2.45) is 5.73 Å². The van der Waals surface area contributed by atoms with Gasteiger partial charge in [-0.3, -0.25) is 9.59 Å². The van der Waals surface area contributed by atoms with E-state index in [0.29, 0.717) is 16.9 Å². The van der Waals surface area contributed by atoms with Crippen LogP contribution in [0.3, 0.4) is 0 Å². The Kier molecular flexibility index (Phi) is 3.93. The van der Waals surface area contributed by atoms with Gasteiger partial charge in [0.25, 0.3) is 11.8 Å². The number of carbonyl (C=O) groups is 2. The highest BCUT2D eigenvalue weighted by molar-refractivity contribution is 6.09. The second kappa shape index (κ2) is 5.66. The number of hydrogen-bond donors (Lipinski definition) is 3. The molecule has 0 unspecified atom stereocenters. The molecule has 2 amide bonds. The predicted molar refractivity (Wildman–Crippen MR) is 83.2 cm³/mol. The largest absolute Gasteiger partial charge is 0.398 e. The van der Waals surface area contributed by atoms with E-state index in [4.69, 9.17) is 11.5 Å². The molecule has 0 saturated carbocycles. The highest BCUT2D eigenvalue weighted by Crippen LogP contribution is 2.20. The summed E-state index contributed by atoms with van der Waals surface area (Å²) in [5.41, 5.74) is 14.5. The second-order valence-electron chi connectivity index (χ2n) is 4.89. The van der Waals surface area contributed by atoms with Gasteiger partial charge in [-0.25, -0.2) is 0 Å². The van der Waals surface area contributed by atoms with Gasteiger partial charge in [-0.05, 0) is 43.2 Å². The number of para-hydroxylation sites is 1. The van der Waals surface area contributed by atoms with Crippen LogP contribution in [0.25, 0.3) is 0 Å². The number of nitrogens with one attached hydrogen (secondary N) is 1. The van der Waals surface area contributed by atoms with Crippen molar-refractivity contribution < 1.29 is 9.59 Å². The van der Waals surface area contributed by atoms with E-state index < -0.39 is 5.91 Å². The van der Waals surface area contributed by atoms with Crippen molar-refractivity contribution in [2.45, 2.75) is 13.8 Å². The molecular formula is C16H17N3O2. The van der Waals surface area contributed by atoms with E-state index in [2.05, 4.69) is 5.32 Å². The lowest BCUT2D eigenvalue weighted by molar-refractivity contribution is 0.100. The Morgan fingerprint density at radius 3 is 2.33 bits per heavy atom. The van der Waals surface area contributed by atoms with Gasteiger partial charge in [-0.2, -0.15) is 0 Å². The number of primary amides is 1. The molecule has 2 aromatic rings. The molecule has 5 nitrogen and oxygen atoms in total. The average Bonchev–Trinajstić information content (AvgIpc) is 2.43. The van der Waals surface area contributed by atoms with E-state index in [9.17, 15) is 9.59 Å².